The maximum absolute atomic E-state index is 11.2. The Kier molecular flexibility index (Phi) is 4.12. The number of nitrogens with two attached hydrogens (primary N) is 1. The van der Waals surface area contributed by atoms with Crippen molar-refractivity contribution in [2.24, 2.45) is 16.1 Å². The molecule has 1 amide bonds. The van der Waals surface area contributed by atoms with Crippen LogP contribution in [0.25, 0.3) is 0 Å². The van der Waals surface area contributed by atoms with E-state index in [4.69, 9.17) is 5.73 Å². The van der Waals surface area contributed by atoms with Crippen LogP contribution in [0.5, 0.6) is 0 Å². The quantitative estimate of drug-likeness (QED) is 0.809. The summed E-state index contributed by atoms with van der Waals surface area (Å²) in [5.41, 5.74) is 4.89. The van der Waals surface area contributed by atoms with E-state index in [2.05, 4.69) is 31.1 Å². The van der Waals surface area contributed by atoms with Crippen molar-refractivity contribution in [3.63, 3.8) is 0 Å². The van der Waals surface area contributed by atoms with E-state index in [1.54, 1.807) is 25.6 Å². The zero-order valence-electron chi connectivity index (χ0n) is 11.3. The number of carbonyl (C=O) groups excluding carboxylic acids is 1. The average molecular weight is 257 g/mol. The predicted octanol–water partition coefficient (Wildman–Crippen LogP) is 1.75. The van der Waals surface area contributed by atoms with Crippen LogP contribution in [0.3, 0.4) is 0 Å². The number of nitrogens with zero attached hydrogens (tertiary/aromatic N) is 1. The average Bonchev–Trinajstić information content (AvgIpc) is 2.47. The lowest BCUT2D eigenvalue weighted by Gasteiger charge is -2.24. The van der Waals surface area contributed by atoms with Gasteiger partial charge in [0.2, 0.25) is 5.91 Å². The summed E-state index contributed by atoms with van der Waals surface area (Å²) in [6.45, 7) is 11.1. The van der Waals surface area contributed by atoms with Gasteiger partial charge in [-0.25, -0.2) is 0 Å². The molecule has 0 radical (unpaired) electrons. The van der Waals surface area contributed by atoms with Crippen LogP contribution in [0.4, 0.5) is 0 Å². The third-order valence-corrected chi connectivity index (χ3v) is 3.70. The van der Waals surface area contributed by atoms with Crippen LogP contribution in [0.2, 0.25) is 0 Å². The highest BCUT2D eigenvalue weighted by atomic mass is 32.2. The predicted molar refractivity (Wildman–Crippen MR) is 74.2 cm³/mol. The van der Waals surface area contributed by atoms with Gasteiger partial charge in [-0.2, -0.15) is 0 Å². The number of aliphatic imine (C=N–C) groups is 1. The zero-order chi connectivity index (χ0) is 13.3. The summed E-state index contributed by atoms with van der Waals surface area (Å²) in [7, 11) is 0. The van der Waals surface area contributed by atoms with Crippen LogP contribution < -0.4 is 11.1 Å². The van der Waals surface area contributed by atoms with Crippen molar-refractivity contribution in [2.75, 3.05) is 6.54 Å². The molecule has 1 heterocycles. The Morgan fingerprint density at radius 1 is 1.47 bits per heavy atom. The lowest BCUT2D eigenvalue weighted by molar-refractivity contribution is -0.122. The fourth-order valence-corrected chi connectivity index (χ4v) is 3.12. The van der Waals surface area contributed by atoms with Crippen molar-refractivity contribution >= 4 is 22.8 Å². The van der Waals surface area contributed by atoms with Gasteiger partial charge in [-0.1, -0.05) is 32.5 Å². The Labute approximate surface area is 108 Å². The number of carbonyl (C=O) groups is 1. The number of amidine groups is 1. The second-order valence-electron chi connectivity index (χ2n) is 6.26. The molecule has 98 valence electrons. The van der Waals surface area contributed by atoms with Crippen LogP contribution in [-0.2, 0) is 4.79 Å². The molecular formula is C12H23N3OS. The van der Waals surface area contributed by atoms with Crippen LogP contribution in [-0.4, -0.2) is 28.4 Å². The van der Waals surface area contributed by atoms with E-state index in [0.29, 0.717) is 10.7 Å². The number of hydrogen-bond donors (Lipinski definition) is 2. The molecule has 17 heavy (non-hydrogen) atoms. The van der Waals surface area contributed by atoms with Crippen LogP contribution in [0.1, 0.15) is 41.0 Å². The first-order valence-electron chi connectivity index (χ1n) is 5.89. The molecule has 1 atom stereocenters. The number of amides is 1. The van der Waals surface area contributed by atoms with E-state index in [9.17, 15) is 4.79 Å². The minimum atomic E-state index is -0.734. The number of rotatable bonds is 3. The van der Waals surface area contributed by atoms with E-state index < -0.39 is 5.54 Å². The number of hydrogen-bond acceptors (Lipinski definition) is 4. The molecule has 0 aromatic carbocycles. The summed E-state index contributed by atoms with van der Waals surface area (Å²) >= 11 is 1.71. The first-order chi connectivity index (χ1) is 7.60. The summed E-state index contributed by atoms with van der Waals surface area (Å²) in [5.74, 6) is -0.361. The van der Waals surface area contributed by atoms with Gasteiger partial charge in [0, 0.05) is 5.25 Å². The van der Waals surface area contributed by atoms with Crippen LogP contribution in [0, 0.1) is 5.41 Å². The van der Waals surface area contributed by atoms with Gasteiger partial charge in [-0.3, -0.25) is 9.79 Å². The molecule has 0 aliphatic carbocycles. The molecule has 0 saturated carbocycles. The third kappa shape index (κ3) is 4.58. The molecular weight excluding hydrogens is 234 g/mol. The maximum atomic E-state index is 11.2. The van der Waals surface area contributed by atoms with Gasteiger partial charge in [0.1, 0.15) is 5.54 Å². The molecule has 1 aliphatic heterocycles. The Balaban J connectivity index is 2.48. The van der Waals surface area contributed by atoms with Gasteiger partial charge < -0.3 is 11.1 Å². The molecule has 0 bridgehead atoms. The molecule has 1 unspecified atom stereocenters. The minimum absolute atomic E-state index is 0.307. The number of primary amides is 1. The second kappa shape index (κ2) is 4.88. The highest BCUT2D eigenvalue weighted by molar-refractivity contribution is 8.14. The Bertz CT molecular complexity index is 331. The SMILES string of the molecule is CC(C)(C)CC1CN=C(NC(C)(C)C(N)=O)S1. The minimum Gasteiger partial charge on any atom is -0.368 e. The van der Waals surface area contributed by atoms with Crippen molar-refractivity contribution in [3.05, 3.63) is 0 Å². The smallest absolute Gasteiger partial charge is 0.242 e. The third-order valence-electron chi connectivity index (χ3n) is 2.59. The van der Waals surface area contributed by atoms with E-state index in [-0.39, 0.29) is 5.91 Å². The highest BCUT2D eigenvalue weighted by Crippen LogP contribution is 2.31. The molecule has 1 aliphatic rings. The van der Waals surface area contributed by atoms with E-state index in [0.717, 1.165) is 18.1 Å². The summed E-state index contributed by atoms with van der Waals surface area (Å²) in [4.78, 5) is 15.6. The maximum Gasteiger partial charge on any atom is 0.242 e. The van der Waals surface area contributed by atoms with Crippen LogP contribution in [0.15, 0.2) is 4.99 Å². The zero-order valence-corrected chi connectivity index (χ0v) is 12.1. The van der Waals surface area contributed by atoms with Gasteiger partial charge in [0.15, 0.2) is 5.17 Å². The fourth-order valence-electron chi connectivity index (χ4n) is 1.60. The largest absolute Gasteiger partial charge is 0.368 e. The van der Waals surface area contributed by atoms with Gasteiger partial charge in [0.05, 0.1) is 6.54 Å². The van der Waals surface area contributed by atoms with Gasteiger partial charge in [-0.05, 0) is 25.7 Å². The van der Waals surface area contributed by atoms with Crippen LogP contribution >= 0.6 is 11.8 Å². The molecule has 4 nitrogen and oxygen atoms in total. The second-order valence-corrected chi connectivity index (χ2v) is 7.55. The molecule has 0 aromatic rings. The first kappa shape index (κ1) is 14.4. The Morgan fingerprint density at radius 3 is 2.53 bits per heavy atom. The Hall–Kier alpha value is -0.710. The van der Waals surface area contributed by atoms with Crippen molar-refractivity contribution < 1.29 is 4.79 Å². The molecule has 0 spiro atoms. The van der Waals surface area contributed by atoms with Gasteiger partial charge >= 0.3 is 0 Å². The van der Waals surface area contributed by atoms with E-state index in [1.807, 2.05) is 0 Å². The lowest BCUT2D eigenvalue weighted by atomic mass is 9.90. The van der Waals surface area contributed by atoms with Crippen molar-refractivity contribution in [2.45, 2.75) is 51.8 Å². The van der Waals surface area contributed by atoms with E-state index in [1.165, 1.54) is 0 Å². The van der Waals surface area contributed by atoms with E-state index >= 15 is 0 Å². The monoisotopic (exact) mass is 257 g/mol. The fraction of sp³-hybridized carbons (Fsp3) is 0.833. The normalized spacial score (nSPS) is 21.2. The van der Waals surface area contributed by atoms with Crippen molar-refractivity contribution in [1.29, 1.82) is 0 Å². The molecule has 5 heteroatoms. The molecule has 0 saturated heterocycles. The number of nitrogens with one attached hydrogen (secondary N) is 1. The summed E-state index contributed by atoms with van der Waals surface area (Å²) in [5, 5.41) is 4.45. The molecule has 0 aromatic heterocycles. The summed E-state index contributed by atoms with van der Waals surface area (Å²) < 4.78 is 0. The van der Waals surface area contributed by atoms with Crippen molar-refractivity contribution in [1.82, 2.24) is 5.32 Å². The standard InChI is InChI=1S/C12H23N3OS/c1-11(2,3)6-8-7-14-10(17-8)15-12(4,5)9(13)16/h8H,6-7H2,1-5H3,(H2,13,16)(H,14,15). The van der Waals surface area contributed by atoms with Gasteiger partial charge in [0.25, 0.3) is 0 Å². The molecule has 1 rings (SSSR count). The highest BCUT2D eigenvalue weighted by Gasteiger charge is 2.30. The molecule has 0 fully saturated rings. The Morgan fingerprint density at radius 2 is 2.06 bits per heavy atom. The van der Waals surface area contributed by atoms with Gasteiger partial charge in [-0.15, -0.1) is 0 Å². The summed E-state index contributed by atoms with van der Waals surface area (Å²) in [6.07, 6.45) is 1.11. The lowest BCUT2D eigenvalue weighted by Crippen LogP contribution is -2.52. The van der Waals surface area contributed by atoms with Crippen molar-refractivity contribution in [3.8, 4) is 0 Å². The topological polar surface area (TPSA) is 67.5 Å². The molecule has 3 N–H and O–H groups in total. The summed E-state index contributed by atoms with van der Waals surface area (Å²) in [6, 6.07) is 0. The first-order valence-corrected chi connectivity index (χ1v) is 6.77. The number of thioether (sulfide) groups is 1.